The van der Waals surface area contributed by atoms with Gasteiger partial charge in [0.1, 0.15) is 6.61 Å². The SMILES string of the molecule is CC(=O)OC[C@]12CC[C@@H](C)[C@](C)(CCc3ccoc3)[C@H]1CCC=C2C(=O)[O-]. The maximum absolute atomic E-state index is 12.0. The van der Waals surface area contributed by atoms with Crippen LogP contribution in [0.3, 0.4) is 0 Å². The van der Waals surface area contributed by atoms with Crippen molar-refractivity contribution in [2.75, 3.05) is 6.61 Å². The van der Waals surface area contributed by atoms with Gasteiger partial charge in [0.2, 0.25) is 0 Å². The average Bonchev–Trinajstić information content (AvgIpc) is 3.15. The van der Waals surface area contributed by atoms with Crippen LogP contribution in [0.25, 0.3) is 0 Å². The van der Waals surface area contributed by atoms with Crippen LogP contribution in [-0.2, 0) is 20.7 Å². The summed E-state index contributed by atoms with van der Waals surface area (Å²) in [6.45, 7) is 6.05. The summed E-state index contributed by atoms with van der Waals surface area (Å²) < 4.78 is 10.6. The summed E-state index contributed by atoms with van der Waals surface area (Å²) in [4.78, 5) is 23.5. The zero-order chi connectivity index (χ0) is 19.7. The lowest BCUT2D eigenvalue weighted by molar-refractivity contribution is -0.302. The first-order valence-electron chi connectivity index (χ1n) is 9.86. The van der Waals surface area contributed by atoms with Gasteiger partial charge in [-0.2, -0.15) is 0 Å². The van der Waals surface area contributed by atoms with Crippen molar-refractivity contribution < 1.29 is 23.8 Å². The van der Waals surface area contributed by atoms with E-state index in [4.69, 9.17) is 9.15 Å². The Labute approximate surface area is 160 Å². The van der Waals surface area contributed by atoms with Gasteiger partial charge in [0.25, 0.3) is 0 Å². The molecule has 5 heteroatoms. The highest BCUT2D eigenvalue weighted by atomic mass is 16.5. The van der Waals surface area contributed by atoms with E-state index in [-0.39, 0.29) is 23.9 Å². The Kier molecular flexibility index (Phi) is 5.50. The molecule has 0 saturated heterocycles. The number of fused-ring (bicyclic) bond motifs is 1. The predicted molar refractivity (Wildman–Crippen MR) is 98.4 cm³/mol. The van der Waals surface area contributed by atoms with Crippen LogP contribution in [-0.4, -0.2) is 18.5 Å². The van der Waals surface area contributed by atoms with Crippen molar-refractivity contribution in [2.45, 2.75) is 59.3 Å². The number of carboxylic acids is 1. The third kappa shape index (κ3) is 3.56. The summed E-state index contributed by atoms with van der Waals surface area (Å²) >= 11 is 0. The number of allylic oxidation sites excluding steroid dienone is 1. The van der Waals surface area contributed by atoms with E-state index in [1.54, 1.807) is 18.6 Å². The molecule has 4 atom stereocenters. The Balaban J connectivity index is 1.96. The molecule has 5 nitrogen and oxygen atoms in total. The van der Waals surface area contributed by atoms with E-state index in [0.717, 1.165) is 37.7 Å². The maximum atomic E-state index is 12.0. The van der Waals surface area contributed by atoms with Crippen molar-refractivity contribution in [3.8, 4) is 0 Å². The van der Waals surface area contributed by atoms with Gasteiger partial charge in [-0.3, -0.25) is 4.79 Å². The van der Waals surface area contributed by atoms with Gasteiger partial charge in [-0.15, -0.1) is 0 Å². The quantitative estimate of drug-likeness (QED) is 0.715. The molecule has 0 aromatic carbocycles. The van der Waals surface area contributed by atoms with Crippen LogP contribution >= 0.6 is 0 Å². The van der Waals surface area contributed by atoms with Gasteiger partial charge >= 0.3 is 5.97 Å². The third-order valence-corrected chi connectivity index (χ3v) is 7.24. The molecule has 27 heavy (non-hydrogen) atoms. The Morgan fingerprint density at radius 2 is 2.15 bits per heavy atom. The molecule has 148 valence electrons. The number of carboxylic acid groups (broad SMARTS) is 1. The van der Waals surface area contributed by atoms with Crippen molar-refractivity contribution >= 4 is 11.9 Å². The smallest absolute Gasteiger partial charge is 0.302 e. The Hall–Kier alpha value is -2.04. The third-order valence-electron chi connectivity index (χ3n) is 7.24. The fourth-order valence-electron chi connectivity index (χ4n) is 5.52. The van der Waals surface area contributed by atoms with E-state index in [9.17, 15) is 14.7 Å². The molecule has 0 bridgehead atoms. The topological polar surface area (TPSA) is 79.6 Å². The molecule has 2 aliphatic carbocycles. The lowest BCUT2D eigenvalue weighted by Crippen LogP contribution is -2.56. The average molecular weight is 373 g/mol. The van der Waals surface area contributed by atoms with E-state index in [1.807, 2.05) is 6.07 Å². The number of furan rings is 1. The molecular formula is C22H29O5-. The monoisotopic (exact) mass is 373 g/mol. The molecule has 3 rings (SSSR count). The molecule has 1 saturated carbocycles. The van der Waals surface area contributed by atoms with Crippen molar-refractivity contribution in [2.24, 2.45) is 22.7 Å². The van der Waals surface area contributed by atoms with Gasteiger partial charge in [-0.05, 0) is 73.0 Å². The van der Waals surface area contributed by atoms with E-state index >= 15 is 0 Å². The zero-order valence-corrected chi connectivity index (χ0v) is 16.5. The summed E-state index contributed by atoms with van der Waals surface area (Å²) in [7, 11) is 0. The molecule has 0 radical (unpaired) electrons. The van der Waals surface area contributed by atoms with Gasteiger partial charge in [-0.1, -0.05) is 19.9 Å². The highest BCUT2D eigenvalue weighted by Gasteiger charge is 2.56. The van der Waals surface area contributed by atoms with Gasteiger partial charge in [0, 0.05) is 12.3 Å². The number of carbonyl (C=O) groups is 2. The van der Waals surface area contributed by atoms with Crippen LogP contribution in [0.15, 0.2) is 34.7 Å². The van der Waals surface area contributed by atoms with Crippen molar-refractivity contribution in [3.63, 3.8) is 0 Å². The zero-order valence-electron chi connectivity index (χ0n) is 16.5. The maximum Gasteiger partial charge on any atom is 0.302 e. The first-order chi connectivity index (χ1) is 12.8. The summed E-state index contributed by atoms with van der Waals surface area (Å²) in [6, 6.07) is 1.98. The van der Waals surface area contributed by atoms with Crippen LogP contribution in [0.5, 0.6) is 0 Å². The number of rotatable bonds is 6. The second-order valence-corrected chi connectivity index (χ2v) is 8.55. The summed E-state index contributed by atoms with van der Waals surface area (Å²) in [5.41, 5.74) is 0.790. The van der Waals surface area contributed by atoms with Gasteiger partial charge < -0.3 is 19.1 Å². The summed E-state index contributed by atoms with van der Waals surface area (Å²) in [5, 5.41) is 12.0. The number of hydrogen-bond acceptors (Lipinski definition) is 5. The Morgan fingerprint density at radius 3 is 2.78 bits per heavy atom. The first-order valence-corrected chi connectivity index (χ1v) is 9.86. The van der Waals surface area contributed by atoms with Gasteiger partial charge in [0.15, 0.2) is 0 Å². The Morgan fingerprint density at radius 1 is 1.37 bits per heavy atom. The minimum absolute atomic E-state index is 0.0510. The van der Waals surface area contributed by atoms with Crippen molar-refractivity contribution in [3.05, 3.63) is 35.8 Å². The number of ether oxygens (including phenoxy) is 1. The molecular weight excluding hydrogens is 344 g/mol. The van der Waals surface area contributed by atoms with Crippen molar-refractivity contribution in [1.82, 2.24) is 0 Å². The molecule has 1 heterocycles. The van der Waals surface area contributed by atoms with E-state index in [0.29, 0.717) is 17.9 Å². The lowest BCUT2D eigenvalue weighted by Gasteiger charge is -2.59. The van der Waals surface area contributed by atoms with Crippen LogP contribution in [0, 0.1) is 22.7 Å². The standard InChI is InChI=1S/C22H30O5/c1-15-7-11-22(14-27-16(2)23)18(20(24)25)5-4-6-19(22)21(15,3)10-8-17-9-12-26-13-17/h5,9,12-13,15,19H,4,6-8,10-11,14H2,1-3H3,(H,24,25)/p-1/t15-,19-,21+,22+/m1/s1. The minimum atomic E-state index is -1.13. The highest BCUT2D eigenvalue weighted by molar-refractivity contribution is 5.87. The van der Waals surface area contributed by atoms with E-state index in [2.05, 4.69) is 13.8 Å². The van der Waals surface area contributed by atoms with Crippen LogP contribution < -0.4 is 5.11 Å². The van der Waals surface area contributed by atoms with E-state index < -0.39 is 11.4 Å². The molecule has 1 aromatic rings. The highest BCUT2D eigenvalue weighted by Crippen LogP contribution is 2.62. The van der Waals surface area contributed by atoms with Crippen LogP contribution in [0.1, 0.15) is 58.4 Å². The first kappa shape index (κ1) is 19.7. The molecule has 1 fully saturated rings. The lowest BCUT2D eigenvalue weighted by atomic mass is 9.46. The fraction of sp³-hybridized carbons (Fsp3) is 0.636. The van der Waals surface area contributed by atoms with Crippen LogP contribution in [0.4, 0.5) is 0 Å². The normalized spacial score (nSPS) is 33.1. The number of carbonyl (C=O) groups excluding carboxylic acids is 2. The Bertz CT molecular complexity index is 719. The molecule has 0 N–H and O–H groups in total. The van der Waals surface area contributed by atoms with E-state index in [1.165, 1.54) is 6.92 Å². The fourth-order valence-corrected chi connectivity index (χ4v) is 5.52. The molecule has 2 aliphatic rings. The van der Waals surface area contributed by atoms with Crippen LogP contribution in [0.2, 0.25) is 0 Å². The second kappa shape index (κ2) is 7.53. The number of hydrogen-bond donors (Lipinski definition) is 0. The number of esters is 1. The molecule has 0 aliphatic heterocycles. The molecule has 0 amide bonds. The number of aryl methyl sites for hydroxylation is 1. The molecule has 0 spiro atoms. The minimum Gasteiger partial charge on any atom is -0.545 e. The van der Waals surface area contributed by atoms with Gasteiger partial charge in [-0.25, -0.2) is 0 Å². The summed E-state index contributed by atoms with van der Waals surface area (Å²) in [5.74, 6) is -0.900. The molecule has 1 aromatic heterocycles. The molecule has 0 unspecified atom stereocenters. The predicted octanol–water partition coefficient (Wildman–Crippen LogP) is 3.28. The summed E-state index contributed by atoms with van der Waals surface area (Å²) in [6.07, 6.45) is 10.3. The number of aliphatic carboxylic acids is 1. The van der Waals surface area contributed by atoms with Crippen molar-refractivity contribution in [1.29, 1.82) is 0 Å². The second-order valence-electron chi connectivity index (χ2n) is 8.55. The van der Waals surface area contributed by atoms with Gasteiger partial charge in [0.05, 0.1) is 18.5 Å². The largest absolute Gasteiger partial charge is 0.545 e.